The van der Waals surface area contributed by atoms with Crippen LogP contribution < -0.4 is 0 Å². The van der Waals surface area contributed by atoms with Gasteiger partial charge in [0.2, 0.25) is 0 Å². The van der Waals surface area contributed by atoms with Gasteiger partial charge < -0.3 is 0 Å². The summed E-state index contributed by atoms with van der Waals surface area (Å²) in [7, 11) is 0. The summed E-state index contributed by atoms with van der Waals surface area (Å²) in [6.45, 7) is 0. The van der Waals surface area contributed by atoms with Crippen molar-refractivity contribution in [1.29, 1.82) is 0 Å². The van der Waals surface area contributed by atoms with E-state index in [1.54, 1.807) is 0 Å². The van der Waals surface area contributed by atoms with E-state index < -0.39 is 0 Å². The maximum atomic E-state index is 5.39. The number of aromatic nitrogens is 4. The quantitative estimate of drug-likeness (QED) is 0.0804. The van der Waals surface area contributed by atoms with Crippen LogP contribution in [0.15, 0.2) is 534 Å². The number of rotatable bonds is 14. The second-order valence-corrected chi connectivity index (χ2v) is 36.0. The molecule has 0 spiro atoms. The lowest BCUT2D eigenvalue weighted by Crippen LogP contribution is -2.00. The number of fused-ring (bicyclic) bond motifs is 9. The Morgan fingerprint density at radius 3 is 0.879 bits per heavy atom. The van der Waals surface area contributed by atoms with Crippen molar-refractivity contribution < 1.29 is 0 Å². The summed E-state index contributed by atoms with van der Waals surface area (Å²) in [4.78, 5) is 20.4. The zero-order valence-corrected chi connectivity index (χ0v) is 76.6. The first-order valence-corrected chi connectivity index (χ1v) is 48.0. The molecule has 0 radical (unpaired) electrons. The van der Waals surface area contributed by atoms with Crippen LogP contribution in [0.25, 0.3) is 265 Å². The fourth-order valence-corrected chi connectivity index (χ4v) is 21.3. The van der Waals surface area contributed by atoms with Crippen LogP contribution in [-0.4, -0.2) is 19.9 Å². The van der Waals surface area contributed by atoms with Crippen molar-refractivity contribution in [2.75, 3.05) is 0 Å². The molecule has 27 rings (SSSR count). The summed E-state index contributed by atoms with van der Waals surface area (Å²) >= 11 is 0. The minimum atomic E-state index is 0.628. The topological polar surface area (TPSA) is 51.6 Å². The van der Waals surface area contributed by atoms with Gasteiger partial charge in [-0.15, -0.1) is 0 Å². The average molecular weight is 1780 g/mol. The number of hydrogen-bond acceptors (Lipinski definition) is 4. The van der Waals surface area contributed by atoms with Crippen molar-refractivity contribution in [1.82, 2.24) is 19.9 Å². The Kier molecular flexibility index (Phi) is 21.7. The molecule has 27 aromatic rings. The fraction of sp³-hybridized carbons (Fsp3) is 0. The van der Waals surface area contributed by atoms with Gasteiger partial charge in [-0.05, 0) is 217 Å². The molecule has 652 valence electrons. The molecule has 0 N–H and O–H groups in total. The predicted molar refractivity (Wildman–Crippen MR) is 593 cm³/mol. The lowest BCUT2D eigenvalue weighted by molar-refractivity contribution is 1.07. The number of pyridine rings is 1. The third-order valence-corrected chi connectivity index (χ3v) is 27.7. The lowest BCUT2D eigenvalue weighted by atomic mass is 9.78. The summed E-state index contributed by atoms with van der Waals surface area (Å²) in [5.74, 6) is 1.91. The van der Waals surface area contributed by atoms with Gasteiger partial charge in [-0.3, -0.25) is 0 Å². The standard InChI is InChI=1S/C57H39N3.C43H25N.C36H24/c1-7-21-40(22-8-1)50-39-51(53(42-25-11-3-12-26-42)54(43-27-13-4-14-28-43)52(50)41-23-9-2-10-24-41)48-35-19-33-46(37-48)47-34-20-36-49(38-47)57-59-55(44-29-15-5-16-30-44)58-56(60-57)45-31-17-6-18-32-45;1-3-13-34-26(7-1)17-23-37-40(38-24-18-27-8-2-4-14-35(27)43(38)44-42(34)37)32-12-6-11-31(25-32)33-21-19-30-16-15-28-9-5-10-29-20-22-36(33)41(30)39(28)29;1-2-12-27(13-3-1)35-31-16-6-8-18-33(31)36(34-19-9-7-17-32(34)35)28-23-21-26(22-24-28)30-20-10-14-25-11-4-5-15-29(25)30/h1-39H;1-25H;1-24H. The molecular weight excluding hydrogens is 1690 g/mol. The molecule has 2 aromatic heterocycles. The SMILES string of the molecule is c1cc(-c2c3ccc4ccccc4c3nc3c2ccc2ccccc23)cc(-c2ccc3ccc4cccc5ccc2c3c45)c1.c1ccc(-c2c3ccccc3c(-c3ccc(-c4cccc5ccccc45)cc3)c3ccccc23)cc1.c1ccc(-c2nc(-c3ccccc3)nc(-c3cccc(-c4cccc(-c5cc(-c6ccccc6)c(-c6ccccc6)c(-c6ccccc6)c5-c5ccccc5)c4)c3)n2)cc1. The molecule has 0 saturated carbocycles. The van der Waals surface area contributed by atoms with Crippen molar-refractivity contribution in [2.45, 2.75) is 0 Å². The van der Waals surface area contributed by atoms with Gasteiger partial charge in [0.25, 0.3) is 0 Å². The van der Waals surface area contributed by atoms with E-state index in [9.17, 15) is 0 Å². The molecule has 0 amide bonds. The molecule has 0 bridgehead atoms. The maximum Gasteiger partial charge on any atom is 0.164 e. The first-order valence-electron chi connectivity index (χ1n) is 48.0. The van der Waals surface area contributed by atoms with Crippen LogP contribution in [0.4, 0.5) is 0 Å². The first kappa shape index (κ1) is 83.4. The van der Waals surface area contributed by atoms with Gasteiger partial charge >= 0.3 is 0 Å². The Balaban J connectivity index is 0.000000115. The van der Waals surface area contributed by atoms with E-state index >= 15 is 0 Å². The summed E-state index contributed by atoms with van der Waals surface area (Å²) in [6, 6.07) is 192. The van der Waals surface area contributed by atoms with E-state index in [0.717, 1.165) is 55.5 Å². The van der Waals surface area contributed by atoms with Gasteiger partial charge in [0.15, 0.2) is 17.5 Å². The Morgan fingerprint density at radius 2 is 0.379 bits per heavy atom. The molecule has 0 atom stereocenters. The van der Waals surface area contributed by atoms with Crippen LogP contribution in [-0.2, 0) is 0 Å². The zero-order chi connectivity index (χ0) is 92.8. The zero-order valence-electron chi connectivity index (χ0n) is 76.6. The van der Waals surface area contributed by atoms with E-state index in [4.69, 9.17) is 19.9 Å². The molecule has 0 fully saturated rings. The Labute approximate surface area is 812 Å². The minimum Gasteiger partial charge on any atom is -0.246 e. The van der Waals surface area contributed by atoms with E-state index in [0.29, 0.717) is 17.5 Å². The molecule has 2 heterocycles. The molecule has 0 unspecified atom stereocenters. The van der Waals surface area contributed by atoms with Crippen molar-refractivity contribution in [3.8, 4) is 157 Å². The average Bonchev–Trinajstić information content (AvgIpc) is 0.730. The van der Waals surface area contributed by atoms with Crippen molar-refractivity contribution in [3.05, 3.63) is 534 Å². The molecule has 25 aromatic carbocycles. The largest absolute Gasteiger partial charge is 0.246 e. The highest BCUT2D eigenvalue weighted by Crippen LogP contribution is 2.53. The number of benzene rings is 25. The summed E-state index contributed by atoms with van der Waals surface area (Å²) in [5, 5.41) is 22.7. The van der Waals surface area contributed by atoms with Gasteiger partial charge in [-0.25, -0.2) is 19.9 Å². The van der Waals surface area contributed by atoms with Crippen molar-refractivity contribution >= 4 is 108 Å². The second kappa shape index (κ2) is 36.4. The van der Waals surface area contributed by atoms with Gasteiger partial charge in [-0.1, -0.05) is 510 Å². The molecular formula is C136H88N4. The molecule has 0 aliphatic rings. The van der Waals surface area contributed by atoms with Crippen LogP contribution in [0.5, 0.6) is 0 Å². The van der Waals surface area contributed by atoms with Crippen LogP contribution in [0.3, 0.4) is 0 Å². The number of hydrogen-bond donors (Lipinski definition) is 0. The molecule has 4 heteroatoms. The van der Waals surface area contributed by atoms with Crippen molar-refractivity contribution in [3.63, 3.8) is 0 Å². The molecule has 4 nitrogen and oxygen atoms in total. The third kappa shape index (κ3) is 15.5. The van der Waals surface area contributed by atoms with Gasteiger partial charge in [0.1, 0.15) is 0 Å². The van der Waals surface area contributed by atoms with Crippen LogP contribution in [0.1, 0.15) is 0 Å². The van der Waals surface area contributed by atoms with E-state index in [2.05, 4.69) is 473 Å². The molecule has 0 aliphatic heterocycles. The maximum absolute atomic E-state index is 5.39. The Hall–Kier alpha value is -18.5. The highest BCUT2D eigenvalue weighted by Gasteiger charge is 2.27. The van der Waals surface area contributed by atoms with Crippen LogP contribution >= 0.6 is 0 Å². The first-order chi connectivity index (χ1) is 69.5. The molecule has 140 heavy (non-hydrogen) atoms. The lowest BCUT2D eigenvalue weighted by Gasteiger charge is -2.24. The molecule has 0 aliphatic carbocycles. The Morgan fingerprint density at radius 1 is 0.107 bits per heavy atom. The summed E-state index contributed by atoms with van der Waals surface area (Å²) < 4.78 is 0. The Bertz CT molecular complexity index is 9150. The monoisotopic (exact) mass is 1780 g/mol. The normalized spacial score (nSPS) is 11.4. The molecule has 0 saturated heterocycles. The second-order valence-electron chi connectivity index (χ2n) is 36.0. The van der Waals surface area contributed by atoms with Gasteiger partial charge in [0.05, 0.1) is 11.0 Å². The van der Waals surface area contributed by atoms with Crippen LogP contribution in [0, 0.1) is 0 Å². The number of nitrogens with zero attached hydrogens (tertiary/aromatic N) is 4. The van der Waals surface area contributed by atoms with Gasteiger partial charge in [-0.2, -0.15) is 0 Å². The third-order valence-electron chi connectivity index (χ3n) is 27.7. The van der Waals surface area contributed by atoms with Gasteiger partial charge in [0, 0.05) is 43.8 Å². The van der Waals surface area contributed by atoms with E-state index in [-0.39, 0.29) is 0 Å². The summed E-state index contributed by atoms with van der Waals surface area (Å²) in [5.41, 5.74) is 31.4. The van der Waals surface area contributed by atoms with Crippen molar-refractivity contribution in [2.24, 2.45) is 0 Å². The highest BCUT2D eigenvalue weighted by molar-refractivity contribution is 6.27. The highest BCUT2D eigenvalue weighted by atomic mass is 15.0. The predicted octanol–water partition coefficient (Wildman–Crippen LogP) is 36.9. The van der Waals surface area contributed by atoms with E-state index in [1.165, 1.54) is 192 Å². The fourth-order valence-electron chi connectivity index (χ4n) is 21.3. The minimum absolute atomic E-state index is 0.628. The summed E-state index contributed by atoms with van der Waals surface area (Å²) in [6.07, 6.45) is 0. The van der Waals surface area contributed by atoms with E-state index in [1.807, 2.05) is 60.7 Å². The smallest absolute Gasteiger partial charge is 0.164 e. The van der Waals surface area contributed by atoms with Crippen LogP contribution in [0.2, 0.25) is 0 Å².